The number of alkyl halides is 2. The maximum absolute atomic E-state index is 12.7. The number of ether oxygens (including phenoxy) is 1. The van der Waals surface area contributed by atoms with Crippen LogP contribution in [0.2, 0.25) is 0 Å². The number of imide groups is 2. The van der Waals surface area contributed by atoms with Gasteiger partial charge in [0.15, 0.2) is 0 Å². The molecule has 0 unspecified atom stereocenters. The van der Waals surface area contributed by atoms with Crippen LogP contribution in [0, 0.1) is 5.92 Å². The summed E-state index contributed by atoms with van der Waals surface area (Å²) in [5.74, 6) is -3.02. The quantitative estimate of drug-likeness (QED) is 0.576. The molecule has 0 radical (unpaired) electrons. The molecule has 3 rings (SSSR count). The number of benzene rings is 1. The summed E-state index contributed by atoms with van der Waals surface area (Å²) < 4.78 is 29.3. The summed E-state index contributed by atoms with van der Waals surface area (Å²) in [6.07, 6.45) is 3.30. The highest BCUT2D eigenvalue weighted by Gasteiger charge is 2.49. The average Bonchev–Trinajstić information content (AvgIpc) is 2.87. The third-order valence-electron chi connectivity index (χ3n) is 5.16. The van der Waals surface area contributed by atoms with Crippen LogP contribution in [0.3, 0.4) is 0 Å². The van der Waals surface area contributed by atoms with Crippen molar-refractivity contribution in [3.8, 4) is 5.75 Å². The maximum Gasteiger partial charge on any atom is 0.387 e. The van der Waals surface area contributed by atoms with Crippen LogP contribution in [0.5, 0.6) is 5.75 Å². The summed E-state index contributed by atoms with van der Waals surface area (Å²) in [5, 5.41) is 2.33. The molecule has 1 saturated heterocycles. The number of nitrogens with one attached hydrogen (secondary N) is 1. The zero-order valence-corrected chi connectivity index (χ0v) is 15.8. The molecular weight excluding hydrogens is 388 g/mol. The van der Waals surface area contributed by atoms with E-state index in [9.17, 15) is 28.0 Å². The van der Waals surface area contributed by atoms with E-state index in [0.717, 1.165) is 24.2 Å². The number of carbonyl (C=O) groups excluding carboxylic acids is 4. The Labute approximate surface area is 165 Å². The number of para-hydroxylation sites is 2. The van der Waals surface area contributed by atoms with Gasteiger partial charge in [-0.3, -0.25) is 19.3 Å². The number of urea groups is 1. The molecular formula is C19H21F2N3O5. The molecule has 10 heteroatoms. The molecule has 1 heterocycles. The van der Waals surface area contributed by atoms with Crippen molar-refractivity contribution in [3.05, 3.63) is 24.3 Å². The second kappa shape index (κ2) is 8.54. The number of nitrogens with zero attached hydrogens (tertiary/aromatic N) is 2. The van der Waals surface area contributed by atoms with Gasteiger partial charge in [0.05, 0.1) is 5.69 Å². The van der Waals surface area contributed by atoms with E-state index in [1.807, 2.05) is 6.92 Å². The zero-order valence-electron chi connectivity index (χ0n) is 15.8. The Morgan fingerprint density at radius 2 is 1.86 bits per heavy atom. The fourth-order valence-corrected chi connectivity index (χ4v) is 3.74. The van der Waals surface area contributed by atoms with Crippen LogP contribution in [-0.2, 0) is 14.4 Å². The van der Waals surface area contributed by atoms with Crippen molar-refractivity contribution in [1.29, 1.82) is 0 Å². The number of anilines is 1. The molecule has 1 aromatic carbocycles. The van der Waals surface area contributed by atoms with Crippen molar-refractivity contribution < 1.29 is 32.7 Å². The van der Waals surface area contributed by atoms with Gasteiger partial charge in [0.1, 0.15) is 12.3 Å². The highest BCUT2D eigenvalue weighted by atomic mass is 19.3. The van der Waals surface area contributed by atoms with Crippen molar-refractivity contribution in [2.24, 2.45) is 5.92 Å². The number of halogens is 2. The lowest BCUT2D eigenvalue weighted by atomic mass is 9.85. The first-order valence-corrected chi connectivity index (χ1v) is 9.32. The van der Waals surface area contributed by atoms with E-state index in [0.29, 0.717) is 11.3 Å². The lowest BCUT2D eigenvalue weighted by molar-refractivity contribution is -0.145. The Morgan fingerprint density at radius 3 is 2.55 bits per heavy atom. The van der Waals surface area contributed by atoms with Crippen molar-refractivity contribution in [2.75, 3.05) is 11.9 Å². The molecule has 0 spiro atoms. The van der Waals surface area contributed by atoms with E-state index in [-0.39, 0.29) is 23.4 Å². The monoisotopic (exact) mass is 409 g/mol. The van der Waals surface area contributed by atoms with Crippen LogP contribution in [0.25, 0.3) is 0 Å². The van der Waals surface area contributed by atoms with E-state index in [2.05, 4.69) is 10.1 Å². The van der Waals surface area contributed by atoms with E-state index >= 15 is 0 Å². The Balaban J connectivity index is 1.70. The van der Waals surface area contributed by atoms with E-state index < -0.39 is 36.9 Å². The minimum Gasteiger partial charge on any atom is -0.433 e. The molecule has 2 fully saturated rings. The average molecular weight is 409 g/mol. The summed E-state index contributed by atoms with van der Waals surface area (Å²) in [4.78, 5) is 51.2. The van der Waals surface area contributed by atoms with Crippen molar-refractivity contribution in [2.45, 2.75) is 45.3 Å². The molecule has 156 valence electrons. The van der Waals surface area contributed by atoms with E-state index in [1.165, 1.54) is 24.3 Å². The summed E-state index contributed by atoms with van der Waals surface area (Å²) in [7, 11) is 0. The van der Waals surface area contributed by atoms with Gasteiger partial charge in [-0.1, -0.05) is 31.9 Å². The molecule has 0 aromatic heterocycles. The first kappa shape index (κ1) is 20.7. The molecule has 1 aromatic rings. The Bertz CT molecular complexity index is 832. The molecule has 1 N–H and O–H groups in total. The van der Waals surface area contributed by atoms with Gasteiger partial charge in [-0.15, -0.1) is 0 Å². The normalized spacial score (nSPS) is 22.4. The van der Waals surface area contributed by atoms with Crippen molar-refractivity contribution >= 4 is 29.4 Å². The molecule has 8 nitrogen and oxygen atoms in total. The zero-order chi connectivity index (χ0) is 21.1. The SMILES string of the molecule is C[C@H]1CCCC[C@@H]1N1C(=O)C(=O)N(CC(=O)Nc2ccccc2OC(F)F)C1=O. The topological polar surface area (TPSA) is 96.0 Å². The van der Waals surface area contributed by atoms with Gasteiger partial charge in [-0.2, -0.15) is 8.78 Å². The van der Waals surface area contributed by atoms with Crippen LogP contribution in [-0.4, -0.2) is 52.8 Å². The molecule has 2 atom stereocenters. The predicted octanol–water partition coefficient (Wildman–Crippen LogP) is 2.60. The van der Waals surface area contributed by atoms with Gasteiger partial charge < -0.3 is 10.1 Å². The molecule has 2 aliphatic rings. The summed E-state index contributed by atoms with van der Waals surface area (Å²) >= 11 is 0. The second-order valence-electron chi connectivity index (χ2n) is 7.10. The standard InChI is InChI=1S/C19H21F2N3O5/c1-11-6-2-4-8-13(11)24-17(27)16(26)23(19(24)28)10-15(25)22-12-7-3-5-9-14(12)29-18(20)21/h3,5,7,9,11,13,18H,2,4,6,8,10H2,1H3,(H,22,25)/t11-,13-/m0/s1. The summed E-state index contributed by atoms with van der Waals surface area (Å²) in [5.41, 5.74) is -0.0408. The Hall–Kier alpha value is -3.04. The summed E-state index contributed by atoms with van der Waals surface area (Å²) in [6.45, 7) is -1.87. The minimum atomic E-state index is -3.08. The molecule has 1 aliphatic heterocycles. The van der Waals surface area contributed by atoms with Crippen molar-refractivity contribution in [3.63, 3.8) is 0 Å². The Morgan fingerprint density at radius 1 is 1.17 bits per heavy atom. The summed E-state index contributed by atoms with van der Waals surface area (Å²) in [6, 6.07) is 4.32. The van der Waals surface area contributed by atoms with Crippen LogP contribution in [0.4, 0.5) is 19.3 Å². The predicted molar refractivity (Wildman–Crippen MR) is 97.1 cm³/mol. The third-order valence-corrected chi connectivity index (χ3v) is 5.16. The van der Waals surface area contributed by atoms with E-state index in [1.54, 1.807) is 0 Å². The number of carbonyl (C=O) groups is 4. The molecule has 0 bridgehead atoms. The number of rotatable bonds is 6. The number of amides is 5. The number of hydrogen-bond acceptors (Lipinski definition) is 5. The van der Waals surface area contributed by atoms with Gasteiger partial charge in [0, 0.05) is 6.04 Å². The highest BCUT2D eigenvalue weighted by molar-refractivity contribution is 6.45. The van der Waals surface area contributed by atoms with Crippen LogP contribution in [0.15, 0.2) is 24.3 Å². The van der Waals surface area contributed by atoms with E-state index in [4.69, 9.17) is 0 Å². The lowest BCUT2D eigenvalue weighted by Gasteiger charge is -2.34. The largest absolute Gasteiger partial charge is 0.433 e. The molecule has 5 amide bonds. The highest BCUT2D eigenvalue weighted by Crippen LogP contribution is 2.31. The molecule has 1 saturated carbocycles. The number of hydrogen-bond donors (Lipinski definition) is 1. The first-order valence-electron chi connectivity index (χ1n) is 9.32. The second-order valence-corrected chi connectivity index (χ2v) is 7.10. The fourth-order valence-electron chi connectivity index (χ4n) is 3.74. The molecule has 1 aliphatic carbocycles. The van der Waals surface area contributed by atoms with Crippen LogP contribution < -0.4 is 10.1 Å². The van der Waals surface area contributed by atoms with Crippen LogP contribution in [0.1, 0.15) is 32.6 Å². The first-order chi connectivity index (χ1) is 13.8. The van der Waals surface area contributed by atoms with Crippen molar-refractivity contribution in [1.82, 2.24) is 9.80 Å². The van der Waals surface area contributed by atoms with Gasteiger partial charge in [0.2, 0.25) is 5.91 Å². The molecule has 29 heavy (non-hydrogen) atoms. The minimum absolute atomic E-state index is 0.0408. The fraction of sp³-hybridized carbons (Fsp3) is 0.474. The van der Waals surface area contributed by atoms with Gasteiger partial charge in [-0.25, -0.2) is 9.69 Å². The third kappa shape index (κ3) is 4.36. The van der Waals surface area contributed by atoms with Gasteiger partial charge in [0.25, 0.3) is 0 Å². The van der Waals surface area contributed by atoms with Gasteiger partial charge >= 0.3 is 24.5 Å². The lowest BCUT2D eigenvalue weighted by Crippen LogP contribution is -2.46. The Kier molecular flexibility index (Phi) is 6.09. The van der Waals surface area contributed by atoms with Crippen LogP contribution >= 0.6 is 0 Å². The van der Waals surface area contributed by atoms with Gasteiger partial charge in [-0.05, 0) is 30.9 Å². The maximum atomic E-state index is 12.7. The smallest absolute Gasteiger partial charge is 0.387 e.